The third kappa shape index (κ3) is 3.45. The molecular weight excluding hydrogens is 314 g/mol. The van der Waals surface area contributed by atoms with Crippen molar-refractivity contribution in [2.24, 2.45) is 7.05 Å². The van der Waals surface area contributed by atoms with Crippen LogP contribution in [0.15, 0.2) is 17.2 Å². The molecule has 1 aromatic heterocycles. The zero-order chi connectivity index (χ0) is 16.4. The van der Waals surface area contributed by atoms with Crippen LogP contribution in [0.3, 0.4) is 0 Å². The van der Waals surface area contributed by atoms with Crippen molar-refractivity contribution in [2.75, 3.05) is 13.1 Å². The van der Waals surface area contributed by atoms with Crippen molar-refractivity contribution < 1.29 is 13.2 Å². The van der Waals surface area contributed by atoms with E-state index in [0.29, 0.717) is 18.8 Å². The minimum Gasteiger partial charge on any atom is -0.348 e. The van der Waals surface area contributed by atoms with Gasteiger partial charge < -0.3 is 9.88 Å². The van der Waals surface area contributed by atoms with Crippen LogP contribution in [0.5, 0.6) is 0 Å². The normalized spacial score (nSPS) is 20.7. The van der Waals surface area contributed by atoms with Gasteiger partial charge in [-0.2, -0.15) is 4.31 Å². The molecule has 1 saturated heterocycles. The van der Waals surface area contributed by atoms with Crippen molar-refractivity contribution in [1.82, 2.24) is 14.2 Å². The molecule has 2 heterocycles. The molecule has 0 unspecified atom stereocenters. The first-order valence-corrected chi connectivity index (χ1v) is 9.90. The summed E-state index contributed by atoms with van der Waals surface area (Å²) < 4.78 is 28.3. The molecule has 1 aliphatic heterocycles. The second-order valence-electron chi connectivity index (χ2n) is 6.59. The first-order valence-electron chi connectivity index (χ1n) is 8.46. The number of aryl methyl sites for hydroxylation is 1. The second-order valence-corrected chi connectivity index (χ2v) is 8.53. The summed E-state index contributed by atoms with van der Waals surface area (Å²) in [5, 5.41) is 3.04. The molecule has 1 N–H and O–H groups in total. The molecule has 23 heavy (non-hydrogen) atoms. The van der Waals surface area contributed by atoms with Crippen molar-refractivity contribution >= 4 is 15.9 Å². The average molecular weight is 339 g/mol. The monoisotopic (exact) mass is 339 g/mol. The van der Waals surface area contributed by atoms with Crippen molar-refractivity contribution in [3.05, 3.63) is 18.0 Å². The molecule has 6 nitrogen and oxygen atoms in total. The summed E-state index contributed by atoms with van der Waals surface area (Å²) in [6.45, 7) is 1.14. The van der Waals surface area contributed by atoms with E-state index in [1.54, 1.807) is 17.8 Å². The standard InChI is InChI=1S/C16H25N3O3S/c1-18-12-14(23(21,22)19-9-5-6-10-19)11-15(18)16(20)17-13-7-3-2-4-8-13/h11-13H,2-10H2,1H3,(H,17,20). The average Bonchev–Trinajstić information content (AvgIpc) is 3.18. The molecule has 128 valence electrons. The van der Waals surface area contributed by atoms with Gasteiger partial charge in [-0.3, -0.25) is 4.79 Å². The number of amides is 1. The Morgan fingerprint density at radius 2 is 1.78 bits per heavy atom. The summed E-state index contributed by atoms with van der Waals surface area (Å²) in [4.78, 5) is 12.7. The number of sulfonamides is 1. The number of nitrogens with one attached hydrogen (secondary N) is 1. The molecular formula is C16H25N3O3S. The first kappa shape index (κ1) is 16.5. The molecule has 3 rings (SSSR count). The number of nitrogens with zero attached hydrogens (tertiary/aromatic N) is 2. The van der Waals surface area contributed by atoms with Crippen molar-refractivity contribution in [3.8, 4) is 0 Å². The molecule has 0 bridgehead atoms. The molecule has 0 atom stereocenters. The Balaban J connectivity index is 1.76. The summed E-state index contributed by atoms with van der Waals surface area (Å²) in [6, 6.07) is 1.72. The molecule has 0 spiro atoms. The van der Waals surface area contributed by atoms with E-state index in [4.69, 9.17) is 0 Å². The SMILES string of the molecule is Cn1cc(S(=O)(=O)N2CCCC2)cc1C(=O)NC1CCCCC1. The smallest absolute Gasteiger partial charge is 0.268 e. The van der Waals surface area contributed by atoms with Crippen LogP contribution < -0.4 is 5.32 Å². The Bertz CT molecular complexity index is 669. The molecule has 1 aliphatic carbocycles. The quantitative estimate of drug-likeness (QED) is 0.910. The Morgan fingerprint density at radius 1 is 1.13 bits per heavy atom. The van der Waals surface area contributed by atoms with Crippen LogP contribution in [0, 0.1) is 0 Å². The topological polar surface area (TPSA) is 71.4 Å². The highest BCUT2D eigenvalue weighted by Crippen LogP contribution is 2.23. The van der Waals surface area contributed by atoms with Gasteiger partial charge in [-0.15, -0.1) is 0 Å². The van der Waals surface area contributed by atoms with Crippen LogP contribution in [-0.2, 0) is 17.1 Å². The highest BCUT2D eigenvalue weighted by molar-refractivity contribution is 7.89. The molecule has 1 aromatic rings. The van der Waals surface area contributed by atoms with Crippen LogP contribution in [0.1, 0.15) is 55.4 Å². The molecule has 0 aromatic carbocycles. The molecule has 1 saturated carbocycles. The summed E-state index contributed by atoms with van der Waals surface area (Å²) in [5.74, 6) is -0.178. The Morgan fingerprint density at radius 3 is 2.43 bits per heavy atom. The third-order valence-corrected chi connectivity index (χ3v) is 6.72. The van der Waals surface area contributed by atoms with Crippen molar-refractivity contribution in [2.45, 2.75) is 55.9 Å². The van der Waals surface area contributed by atoms with Gasteiger partial charge in [-0.1, -0.05) is 19.3 Å². The zero-order valence-electron chi connectivity index (χ0n) is 13.6. The summed E-state index contributed by atoms with van der Waals surface area (Å²) in [6.07, 6.45) is 8.89. The summed E-state index contributed by atoms with van der Waals surface area (Å²) in [7, 11) is -1.75. The number of hydrogen-bond donors (Lipinski definition) is 1. The highest BCUT2D eigenvalue weighted by Gasteiger charge is 2.29. The lowest BCUT2D eigenvalue weighted by molar-refractivity contribution is 0.0919. The minimum absolute atomic E-state index is 0.178. The number of hydrogen-bond acceptors (Lipinski definition) is 3. The van der Waals surface area contributed by atoms with Gasteiger partial charge in [-0.05, 0) is 31.7 Å². The molecule has 7 heteroatoms. The van der Waals surface area contributed by atoms with Gasteiger partial charge in [0.1, 0.15) is 10.6 Å². The van der Waals surface area contributed by atoms with Crippen LogP contribution in [0.25, 0.3) is 0 Å². The van der Waals surface area contributed by atoms with E-state index in [2.05, 4.69) is 5.32 Å². The lowest BCUT2D eigenvalue weighted by Crippen LogP contribution is -2.36. The predicted molar refractivity (Wildman–Crippen MR) is 87.7 cm³/mol. The Kier molecular flexibility index (Phi) is 4.77. The fourth-order valence-electron chi connectivity index (χ4n) is 3.48. The van der Waals surface area contributed by atoms with Gasteiger partial charge in [0, 0.05) is 32.4 Å². The molecule has 0 radical (unpaired) electrons. The fraction of sp³-hybridized carbons (Fsp3) is 0.688. The first-order chi connectivity index (χ1) is 11.0. The number of aromatic nitrogens is 1. The van der Waals surface area contributed by atoms with E-state index in [0.717, 1.165) is 38.5 Å². The number of rotatable bonds is 4. The minimum atomic E-state index is -3.47. The maximum absolute atomic E-state index is 12.6. The third-order valence-electron chi connectivity index (χ3n) is 4.86. The summed E-state index contributed by atoms with van der Waals surface area (Å²) >= 11 is 0. The van der Waals surface area contributed by atoms with E-state index >= 15 is 0 Å². The number of carbonyl (C=O) groups excluding carboxylic acids is 1. The summed E-state index contributed by atoms with van der Waals surface area (Å²) in [5.41, 5.74) is 0.411. The van der Waals surface area contributed by atoms with Crippen LogP contribution in [-0.4, -0.2) is 42.3 Å². The molecule has 2 fully saturated rings. The van der Waals surface area contributed by atoms with Gasteiger partial charge in [0.15, 0.2) is 0 Å². The van der Waals surface area contributed by atoms with E-state index in [1.165, 1.54) is 16.8 Å². The van der Waals surface area contributed by atoms with Gasteiger partial charge in [0.05, 0.1) is 0 Å². The van der Waals surface area contributed by atoms with Crippen LogP contribution >= 0.6 is 0 Å². The van der Waals surface area contributed by atoms with E-state index in [9.17, 15) is 13.2 Å². The molecule has 2 aliphatic rings. The van der Waals surface area contributed by atoms with Crippen LogP contribution in [0.2, 0.25) is 0 Å². The second kappa shape index (κ2) is 6.65. The lowest BCUT2D eigenvalue weighted by Gasteiger charge is -2.22. The van der Waals surface area contributed by atoms with E-state index in [1.807, 2.05) is 0 Å². The lowest BCUT2D eigenvalue weighted by atomic mass is 9.95. The van der Waals surface area contributed by atoms with Gasteiger partial charge in [0.2, 0.25) is 10.0 Å². The Labute approximate surface area is 137 Å². The predicted octanol–water partition coefficient (Wildman–Crippen LogP) is 1.87. The van der Waals surface area contributed by atoms with Gasteiger partial charge in [0.25, 0.3) is 5.91 Å². The van der Waals surface area contributed by atoms with E-state index in [-0.39, 0.29) is 16.8 Å². The van der Waals surface area contributed by atoms with Crippen molar-refractivity contribution in [3.63, 3.8) is 0 Å². The fourth-order valence-corrected chi connectivity index (χ4v) is 5.07. The number of carbonyl (C=O) groups is 1. The van der Waals surface area contributed by atoms with Crippen LogP contribution in [0.4, 0.5) is 0 Å². The largest absolute Gasteiger partial charge is 0.348 e. The maximum Gasteiger partial charge on any atom is 0.268 e. The van der Waals surface area contributed by atoms with Crippen molar-refractivity contribution in [1.29, 1.82) is 0 Å². The van der Waals surface area contributed by atoms with Gasteiger partial charge in [-0.25, -0.2) is 8.42 Å². The molecule has 1 amide bonds. The Hall–Kier alpha value is -1.34. The highest BCUT2D eigenvalue weighted by atomic mass is 32.2. The van der Waals surface area contributed by atoms with Gasteiger partial charge >= 0.3 is 0 Å². The maximum atomic E-state index is 12.6. The van der Waals surface area contributed by atoms with E-state index < -0.39 is 10.0 Å². The zero-order valence-corrected chi connectivity index (χ0v) is 14.4.